The van der Waals surface area contributed by atoms with Crippen LogP contribution in [0.15, 0.2) is 16.3 Å². The molecule has 5 nitrogen and oxygen atoms in total. The summed E-state index contributed by atoms with van der Waals surface area (Å²) in [7, 11) is -1.82. The molecule has 0 bridgehead atoms. The summed E-state index contributed by atoms with van der Waals surface area (Å²) in [4.78, 5) is 1.04. The summed E-state index contributed by atoms with van der Waals surface area (Å²) < 4.78 is 31.8. The number of thiophene rings is 1. The van der Waals surface area contributed by atoms with E-state index in [0.29, 0.717) is 23.9 Å². The molecule has 1 rings (SSSR count). The molecule has 0 aromatic carbocycles. The zero-order valence-electron chi connectivity index (χ0n) is 12.4. The van der Waals surface area contributed by atoms with Crippen LogP contribution in [0.25, 0.3) is 0 Å². The van der Waals surface area contributed by atoms with E-state index in [9.17, 15) is 8.42 Å². The van der Waals surface area contributed by atoms with Crippen molar-refractivity contribution in [1.29, 1.82) is 0 Å². The fraction of sp³-hybridized carbons (Fsp3) is 0.692. The van der Waals surface area contributed by atoms with E-state index in [0.717, 1.165) is 24.4 Å². The molecule has 0 saturated carbocycles. The van der Waals surface area contributed by atoms with Crippen molar-refractivity contribution < 1.29 is 13.2 Å². The molecule has 0 amide bonds. The summed E-state index contributed by atoms with van der Waals surface area (Å²) in [6, 6.07) is 3.57. The van der Waals surface area contributed by atoms with Gasteiger partial charge in [0, 0.05) is 31.6 Å². The number of methoxy groups -OCH3 is 1. The number of hydrogen-bond donors (Lipinski definition) is 1. The minimum absolute atomic E-state index is 0.386. The Morgan fingerprint density at radius 2 is 2.10 bits per heavy atom. The number of ether oxygens (including phenoxy) is 1. The largest absolute Gasteiger partial charge is 0.383 e. The van der Waals surface area contributed by atoms with Gasteiger partial charge in [-0.3, -0.25) is 0 Å². The maximum atomic E-state index is 12.5. The molecule has 0 atom stereocenters. The molecule has 1 heterocycles. The summed E-state index contributed by atoms with van der Waals surface area (Å²) in [5.74, 6) is 0. The van der Waals surface area contributed by atoms with Gasteiger partial charge in [-0.25, -0.2) is 8.42 Å². The molecule has 0 fully saturated rings. The highest BCUT2D eigenvalue weighted by Gasteiger charge is 2.24. The van der Waals surface area contributed by atoms with Crippen LogP contribution in [0.2, 0.25) is 0 Å². The number of likely N-dealkylation sites (N-methyl/N-ethyl adjacent to an activating group) is 1. The van der Waals surface area contributed by atoms with Crippen LogP contribution in [0.1, 0.15) is 25.1 Å². The molecule has 0 radical (unpaired) electrons. The highest BCUT2D eigenvalue weighted by molar-refractivity contribution is 7.91. The van der Waals surface area contributed by atoms with Gasteiger partial charge in [0.2, 0.25) is 0 Å². The molecular formula is C13H24N2O3S2. The number of hydrogen-bond acceptors (Lipinski definition) is 5. The first kappa shape index (κ1) is 17.6. The van der Waals surface area contributed by atoms with E-state index >= 15 is 0 Å². The van der Waals surface area contributed by atoms with E-state index in [1.54, 1.807) is 13.2 Å². The van der Waals surface area contributed by atoms with Crippen LogP contribution in [-0.4, -0.2) is 46.1 Å². The monoisotopic (exact) mass is 320 g/mol. The Kier molecular flexibility index (Phi) is 7.68. The van der Waals surface area contributed by atoms with Crippen LogP contribution in [0.5, 0.6) is 0 Å². The molecule has 20 heavy (non-hydrogen) atoms. The maximum absolute atomic E-state index is 12.5. The highest BCUT2D eigenvalue weighted by atomic mass is 32.2. The number of nitrogens with one attached hydrogen (secondary N) is 1. The minimum Gasteiger partial charge on any atom is -0.383 e. The maximum Gasteiger partial charge on any atom is 0.252 e. The Labute approximate surface area is 126 Å². The first-order chi connectivity index (χ1) is 9.56. The van der Waals surface area contributed by atoms with Gasteiger partial charge in [-0.15, -0.1) is 11.3 Å². The van der Waals surface area contributed by atoms with E-state index in [2.05, 4.69) is 12.2 Å². The van der Waals surface area contributed by atoms with Gasteiger partial charge in [0.05, 0.1) is 6.61 Å². The molecule has 0 spiro atoms. The van der Waals surface area contributed by atoms with Crippen molar-refractivity contribution in [2.45, 2.75) is 31.0 Å². The Balaban J connectivity index is 2.75. The topological polar surface area (TPSA) is 58.6 Å². The number of rotatable bonds is 10. The predicted octanol–water partition coefficient (Wildman–Crippen LogP) is 1.90. The molecule has 0 aliphatic rings. The number of nitrogens with zero attached hydrogens (tertiary/aromatic N) is 1. The lowest BCUT2D eigenvalue weighted by molar-refractivity contribution is 0.180. The highest BCUT2D eigenvalue weighted by Crippen LogP contribution is 2.24. The van der Waals surface area contributed by atoms with Crippen LogP contribution in [0.4, 0.5) is 0 Å². The van der Waals surface area contributed by atoms with Crippen molar-refractivity contribution >= 4 is 21.4 Å². The zero-order valence-corrected chi connectivity index (χ0v) is 14.0. The van der Waals surface area contributed by atoms with Gasteiger partial charge in [0.15, 0.2) is 0 Å². The Morgan fingerprint density at radius 1 is 1.35 bits per heavy atom. The van der Waals surface area contributed by atoms with Gasteiger partial charge in [-0.1, -0.05) is 13.8 Å². The molecule has 116 valence electrons. The zero-order chi connectivity index (χ0) is 15.0. The van der Waals surface area contributed by atoms with Gasteiger partial charge in [0.1, 0.15) is 4.21 Å². The fourth-order valence-electron chi connectivity index (χ4n) is 1.75. The lowest BCUT2D eigenvalue weighted by atomic mass is 10.4. The van der Waals surface area contributed by atoms with Gasteiger partial charge >= 0.3 is 0 Å². The van der Waals surface area contributed by atoms with Crippen LogP contribution >= 0.6 is 11.3 Å². The van der Waals surface area contributed by atoms with Crippen molar-refractivity contribution in [3.05, 3.63) is 17.0 Å². The second kappa shape index (κ2) is 8.74. The van der Waals surface area contributed by atoms with Gasteiger partial charge in [-0.05, 0) is 25.1 Å². The number of sulfonamides is 1. The molecule has 1 aromatic heterocycles. The summed E-state index contributed by atoms with van der Waals surface area (Å²) >= 11 is 1.33. The smallest absolute Gasteiger partial charge is 0.252 e. The predicted molar refractivity (Wildman–Crippen MR) is 82.6 cm³/mol. The lowest BCUT2D eigenvalue weighted by Gasteiger charge is -2.18. The molecule has 0 aliphatic heterocycles. The molecule has 0 unspecified atom stereocenters. The van der Waals surface area contributed by atoms with Crippen molar-refractivity contribution in [3.63, 3.8) is 0 Å². The molecule has 0 saturated heterocycles. The Morgan fingerprint density at radius 3 is 2.70 bits per heavy atom. The standard InChI is InChI=1S/C13H24N2O3S2/c1-4-8-14-11-12-6-7-13(19-12)20(16,17)15(5-2)9-10-18-3/h6-7,14H,4-5,8-11H2,1-3H3. The SMILES string of the molecule is CCCNCc1ccc(S(=O)(=O)N(CC)CCOC)s1. The normalized spacial score (nSPS) is 12.2. The van der Waals surface area contributed by atoms with E-state index in [1.807, 2.05) is 13.0 Å². The van der Waals surface area contributed by atoms with E-state index < -0.39 is 10.0 Å². The van der Waals surface area contributed by atoms with Crippen molar-refractivity contribution in [2.24, 2.45) is 0 Å². The van der Waals surface area contributed by atoms with Gasteiger partial charge < -0.3 is 10.1 Å². The van der Waals surface area contributed by atoms with Gasteiger partial charge in [0.25, 0.3) is 10.0 Å². The molecule has 0 aliphatic carbocycles. The first-order valence-electron chi connectivity index (χ1n) is 6.84. The van der Waals surface area contributed by atoms with Gasteiger partial charge in [-0.2, -0.15) is 4.31 Å². The third kappa shape index (κ3) is 4.82. The fourth-order valence-corrected chi connectivity index (χ4v) is 4.66. The van der Waals surface area contributed by atoms with E-state index in [-0.39, 0.29) is 0 Å². The second-order valence-electron chi connectivity index (χ2n) is 4.39. The molecule has 7 heteroatoms. The quantitative estimate of drug-likeness (QED) is 0.669. The van der Waals surface area contributed by atoms with E-state index in [1.165, 1.54) is 15.6 Å². The molecule has 1 N–H and O–H groups in total. The van der Waals surface area contributed by atoms with Crippen molar-refractivity contribution in [3.8, 4) is 0 Å². The third-order valence-corrected chi connectivity index (χ3v) is 6.38. The Bertz CT molecular complexity index is 486. The van der Waals surface area contributed by atoms with Crippen molar-refractivity contribution in [2.75, 3.05) is 33.4 Å². The van der Waals surface area contributed by atoms with E-state index in [4.69, 9.17) is 4.74 Å². The lowest BCUT2D eigenvalue weighted by Crippen LogP contribution is -2.33. The molecular weight excluding hydrogens is 296 g/mol. The van der Waals surface area contributed by atoms with Crippen LogP contribution in [-0.2, 0) is 21.3 Å². The summed E-state index contributed by atoms with van der Waals surface area (Å²) in [6.45, 7) is 6.84. The first-order valence-corrected chi connectivity index (χ1v) is 9.10. The van der Waals surface area contributed by atoms with Crippen molar-refractivity contribution in [1.82, 2.24) is 9.62 Å². The minimum atomic E-state index is -3.39. The average molecular weight is 320 g/mol. The Hall–Kier alpha value is -0.470. The summed E-state index contributed by atoms with van der Waals surface area (Å²) in [5.41, 5.74) is 0. The van der Waals surface area contributed by atoms with Crippen LogP contribution in [0, 0.1) is 0 Å². The third-order valence-electron chi connectivity index (χ3n) is 2.85. The summed E-state index contributed by atoms with van der Waals surface area (Å²) in [5, 5.41) is 3.28. The van der Waals surface area contributed by atoms with Crippen LogP contribution < -0.4 is 5.32 Å². The summed E-state index contributed by atoms with van der Waals surface area (Å²) in [6.07, 6.45) is 1.07. The molecule has 1 aromatic rings. The van der Waals surface area contributed by atoms with Crippen LogP contribution in [0.3, 0.4) is 0 Å². The average Bonchev–Trinajstić information content (AvgIpc) is 2.89. The second-order valence-corrected chi connectivity index (χ2v) is 7.72.